The molecule has 16 heavy (non-hydrogen) atoms. The Bertz CT molecular complexity index is 556. The topological polar surface area (TPSA) is 50.2 Å². The fourth-order valence-electron chi connectivity index (χ4n) is 1.20. The number of benzene rings is 1. The largest absolute Gasteiger partial charge is 0.477 e. The third-order valence-electron chi connectivity index (χ3n) is 1.93. The van der Waals surface area contributed by atoms with E-state index in [0.29, 0.717) is 11.3 Å². The zero-order valence-corrected chi connectivity index (χ0v) is 9.35. The Morgan fingerprint density at radius 2 is 2.19 bits per heavy atom. The molecule has 2 rings (SSSR count). The average Bonchev–Trinajstić information content (AvgIpc) is 2.66. The first-order valence-electron chi connectivity index (χ1n) is 4.23. The van der Waals surface area contributed by atoms with Crippen molar-refractivity contribution < 1.29 is 14.3 Å². The van der Waals surface area contributed by atoms with Crippen molar-refractivity contribution >= 4 is 29.1 Å². The number of carboxylic acids is 1. The van der Waals surface area contributed by atoms with Gasteiger partial charge in [0.2, 0.25) is 0 Å². The zero-order chi connectivity index (χ0) is 11.7. The van der Waals surface area contributed by atoms with Crippen LogP contribution in [0.1, 0.15) is 9.67 Å². The lowest BCUT2D eigenvalue weighted by Gasteiger charge is -1.99. The number of hydrogen-bond donors (Lipinski definition) is 1. The third-order valence-corrected chi connectivity index (χ3v) is 3.02. The molecule has 0 unspecified atom stereocenters. The highest BCUT2D eigenvalue weighted by Gasteiger charge is 2.12. The highest BCUT2D eigenvalue weighted by atomic mass is 35.5. The van der Waals surface area contributed by atoms with Gasteiger partial charge in [-0.2, -0.15) is 4.37 Å². The summed E-state index contributed by atoms with van der Waals surface area (Å²) in [7, 11) is 0. The van der Waals surface area contributed by atoms with Crippen LogP contribution in [0.4, 0.5) is 4.39 Å². The fraction of sp³-hybridized carbons (Fsp3) is 0. The summed E-state index contributed by atoms with van der Waals surface area (Å²) in [6.45, 7) is 0. The van der Waals surface area contributed by atoms with Crippen LogP contribution in [0.25, 0.3) is 11.3 Å². The number of aromatic nitrogens is 1. The Hall–Kier alpha value is -1.46. The van der Waals surface area contributed by atoms with Crippen LogP contribution >= 0.6 is 23.1 Å². The van der Waals surface area contributed by atoms with Gasteiger partial charge < -0.3 is 5.11 Å². The molecule has 0 amide bonds. The quantitative estimate of drug-likeness (QED) is 0.898. The summed E-state index contributed by atoms with van der Waals surface area (Å²) in [4.78, 5) is 10.8. The first kappa shape index (κ1) is 11.0. The van der Waals surface area contributed by atoms with E-state index in [1.54, 1.807) is 0 Å². The van der Waals surface area contributed by atoms with Gasteiger partial charge in [0.05, 0.1) is 10.7 Å². The second-order valence-electron chi connectivity index (χ2n) is 3.01. The molecular formula is C10H5ClFNO2S. The normalized spacial score (nSPS) is 10.4. The summed E-state index contributed by atoms with van der Waals surface area (Å²) in [6.07, 6.45) is 0. The number of hydrogen-bond acceptors (Lipinski definition) is 3. The van der Waals surface area contributed by atoms with Gasteiger partial charge in [0.25, 0.3) is 0 Å². The van der Waals surface area contributed by atoms with E-state index in [1.165, 1.54) is 18.2 Å². The zero-order valence-electron chi connectivity index (χ0n) is 7.78. The van der Waals surface area contributed by atoms with Gasteiger partial charge >= 0.3 is 5.97 Å². The van der Waals surface area contributed by atoms with Crippen molar-refractivity contribution in [1.29, 1.82) is 0 Å². The molecule has 0 atom stereocenters. The predicted molar refractivity (Wildman–Crippen MR) is 59.5 cm³/mol. The molecule has 2 aromatic rings. The maximum atomic E-state index is 12.8. The summed E-state index contributed by atoms with van der Waals surface area (Å²) in [6, 6.07) is 5.29. The molecule has 0 saturated carbocycles. The van der Waals surface area contributed by atoms with Crippen LogP contribution in [0.5, 0.6) is 0 Å². The molecular weight excluding hydrogens is 253 g/mol. The highest BCUT2D eigenvalue weighted by Crippen LogP contribution is 2.29. The van der Waals surface area contributed by atoms with Gasteiger partial charge in [0.1, 0.15) is 10.7 Å². The minimum atomic E-state index is -1.04. The Labute approximate surface area is 99.3 Å². The van der Waals surface area contributed by atoms with Gasteiger partial charge in [-0.15, -0.1) is 0 Å². The molecule has 0 bridgehead atoms. The molecule has 6 heteroatoms. The van der Waals surface area contributed by atoms with E-state index in [1.807, 2.05) is 0 Å². The Morgan fingerprint density at radius 3 is 2.75 bits per heavy atom. The van der Waals surface area contributed by atoms with Gasteiger partial charge in [-0.05, 0) is 35.8 Å². The lowest BCUT2D eigenvalue weighted by Crippen LogP contribution is -1.90. The average molecular weight is 258 g/mol. The van der Waals surface area contributed by atoms with Crippen LogP contribution in [-0.4, -0.2) is 15.4 Å². The minimum absolute atomic E-state index is 0.121. The van der Waals surface area contributed by atoms with Crippen molar-refractivity contribution in [3.63, 3.8) is 0 Å². The number of rotatable bonds is 2. The molecule has 0 aliphatic rings. The molecule has 0 radical (unpaired) electrons. The second kappa shape index (κ2) is 4.19. The first-order chi connectivity index (χ1) is 7.58. The molecule has 0 saturated heterocycles. The lowest BCUT2D eigenvalue weighted by atomic mass is 10.1. The van der Waals surface area contributed by atoms with Crippen molar-refractivity contribution in [2.75, 3.05) is 0 Å². The van der Waals surface area contributed by atoms with Gasteiger partial charge in [-0.1, -0.05) is 11.6 Å². The van der Waals surface area contributed by atoms with E-state index in [0.717, 1.165) is 17.6 Å². The summed E-state index contributed by atoms with van der Waals surface area (Å²) in [5.41, 5.74) is 0.958. The van der Waals surface area contributed by atoms with E-state index >= 15 is 0 Å². The van der Waals surface area contributed by atoms with Crippen molar-refractivity contribution in [2.45, 2.75) is 0 Å². The Morgan fingerprint density at radius 1 is 1.44 bits per heavy atom. The van der Waals surface area contributed by atoms with E-state index in [9.17, 15) is 9.18 Å². The lowest BCUT2D eigenvalue weighted by molar-refractivity contribution is 0.0702. The van der Waals surface area contributed by atoms with Gasteiger partial charge in [0, 0.05) is 5.56 Å². The summed E-state index contributed by atoms with van der Waals surface area (Å²) in [5, 5.41) is 8.95. The number of nitrogens with zero attached hydrogens (tertiary/aromatic N) is 1. The molecule has 0 aliphatic carbocycles. The maximum absolute atomic E-state index is 12.8. The molecule has 1 aromatic carbocycles. The van der Waals surface area contributed by atoms with Crippen LogP contribution in [-0.2, 0) is 0 Å². The molecule has 0 aliphatic heterocycles. The molecule has 82 valence electrons. The van der Waals surface area contributed by atoms with Crippen molar-refractivity contribution in [3.05, 3.63) is 40.0 Å². The smallest absolute Gasteiger partial charge is 0.347 e. The van der Waals surface area contributed by atoms with Gasteiger partial charge in [-0.3, -0.25) is 0 Å². The summed E-state index contributed by atoms with van der Waals surface area (Å²) in [5.74, 6) is -1.48. The molecule has 1 heterocycles. The monoisotopic (exact) mass is 257 g/mol. The summed E-state index contributed by atoms with van der Waals surface area (Å²) < 4.78 is 16.8. The summed E-state index contributed by atoms with van der Waals surface area (Å²) >= 11 is 6.69. The third kappa shape index (κ3) is 2.05. The van der Waals surface area contributed by atoms with Gasteiger partial charge in [-0.25, -0.2) is 9.18 Å². The molecule has 0 spiro atoms. The van der Waals surface area contributed by atoms with Crippen LogP contribution in [0.2, 0.25) is 5.02 Å². The van der Waals surface area contributed by atoms with Crippen LogP contribution in [0.3, 0.4) is 0 Å². The number of carboxylic acid groups (broad SMARTS) is 1. The molecule has 0 fully saturated rings. The molecule has 3 nitrogen and oxygen atoms in total. The van der Waals surface area contributed by atoms with Crippen molar-refractivity contribution in [1.82, 2.24) is 4.37 Å². The maximum Gasteiger partial charge on any atom is 0.347 e. The van der Waals surface area contributed by atoms with Crippen LogP contribution in [0.15, 0.2) is 24.3 Å². The van der Waals surface area contributed by atoms with Crippen LogP contribution in [0, 0.1) is 5.82 Å². The van der Waals surface area contributed by atoms with Crippen LogP contribution < -0.4 is 0 Å². The van der Waals surface area contributed by atoms with Crippen molar-refractivity contribution in [3.8, 4) is 11.3 Å². The van der Waals surface area contributed by atoms with E-state index in [2.05, 4.69) is 4.37 Å². The first-order valence-corrected chi connectivity index (χ1v) is 5.38. The standard InChI is InChI=1S/C10H5ClFNO2S/c11-7-3-5(12)1-2-6(7)8-4-9(10(14)15)16-13-8/h1-4H,(H,14,15). The van der Waals surface area contributed by atoms with Crippen molar-refractivity contribution in [2.24, 2.45) is 0 Å². The van der Waals surface area contributed by atoms with E-state index < -0.39 is 11.8 Å². The van der Waals surface area contributed by atoms with E-state index in [-0.39, 0.29) is 9.90 Å². The number of carbonyl (C=O) groups is 1. The SMILES string of the molecule is O=C(O)c1cc(-c2ccc(F)cc2Cl)ns1. The number of halogens is 2. The molecule has 1 aromatic heterocycles. The fourth-order valence-corrected chi connectivity index (χ4v) is 2.05. The van der Waals surface area contributed by atoms with E-state index in [4.69, 9.17) is 16.7 Å². The Balaban J connectivity index is 2.46. The second-order valence-corrected chi connectivity index (χ2v) is 4.22. The Kier molecular flexibility index (Phi) is 2.89. The molecule has 1 N–H and O–H groups in total. The predicted octanol–water partition coefficient (Wildman–Crippen LogP) is 3.30. The number of aromatic carboxylic acids is 1. The highest BCUT2D eigenvalue weighted by molar-refractivity contribution is 7.08. The minimum Gasteiger partial charge on any atom is -0.477 e. The van der Waals surface area contributed by atoms with Gasteiger partial charge in [0.15, 0.2) is 0 Å².